The summed E-state index contributed by atoms with van der Waals surface area (Å²) >= 11 is 0. The second kappa shape index (κ2) is 6.74. The third-order valence-electron chi connectivity index (χ3n) is 4.41. The van der Waals surface area contributed by atoms with Crippen LogP contribution in [0.1, 0.15) is 29.9 Å². The SMILES string of the molecule is Cc1c(CNC(=O)N(C)C(C)c2cccnc2)oc2ccccc12. The van der Waals surface area contributed by atoms with Gasteiger partial charge in [-0.25, -0.2) is 4.79 Å². The van der Waals surface area contributed by atoms with Gasteiger partial charge in [-0.3, -0.25) is 4.98 Å². The summed E-state index contributed by atoms with van der Waals surface area (Å²) in [6.45, 7) is 4.35. The van der Waals surface area contributed by atoms with Gasteiger partial charge in [0, 0.05) is 30.4 Å². The molecule has 0 aliphatic rings. The van der Waals surface area contributed by atoms with Crippen molar-refractivity contribution in [1.82, 2.24) is 15.2 Å². The zero-order chi connectivity index (χ0) is 17.1. The average molecular weight is 323 g/mol. The van der Waals surface area contributed by atoms with E-state index in [9.17, 15) is 4.79 Å². The fourth-order valence-corrected chi connectivity index (χ4v) is 2.70. The number of benzene rings is 1. The molecule has 24 heavy (non-hydrogen) atoms. The Morgan fingerprint density at radius 3 is 2.79 bits per heavy atom. The van der Waals surface area contributed by atoms with Crippen molar-refractivity contribution in [3.63, 3.8) is 0 Å². The summed E-state index contributed by atoms with van der Waals surface area (Å²) in [7, 11) is 1.78. The number of aryl methyl sites for hydroxylation is 1. The van der Waals surface area contributed by atoms with E-state index in [0.29, 0.717) is 6.54 Å². The Balaban J connectivity index is 1.67. The molecule has 0 bridgehead atoms. The maximum atomic E-state index is 12.4. The van der Waals surface area contributed by atoms with Crippen LogP contribution in [-0.2, 0) is 6.54 Å². The van der Waals surface area contributed by atoms with E-state index in [-0.39, 0.29) is 12.1 Å². The number of rotatable bonds is 4. The molecule has 2 aromatic heterocycles. The molecule has 0 aliphatic carbocycles. The number of carbonyl (C=O) groups is 1. The summed E-state index contributed by atoms with van der Waals surface area (Å²) in [5.74, 6) is 0.784. The van der Waals surface area contributed by atoms with E-state index < -0.39 is 0 Å². The second-order valence-electron chi connectivity index (χ2n) is 5.88. The molecule has 3 aromatic rings. The number of furan rings is 1. The number of urea groups is 1. The summed E-state index contributed by atoms with van der Waals surface area (Å²) in [5.41, 5.74) is 2.90. The van der Waals surface area contributed by atoms with Crippen molar-refractivity contribution in [2.24, 2.45) is 0 Å². The standard InChI is InChI=1S/C19H21N3O2/c1-13-16-8-4-5-9-17(16)24-18(13)12-21-19(23)22(3)14(2)15-7-6-10-20-11-15/h4-11,14H,12H2,1-3H3,(H,21,23). The normalized spacial score (nSPS) is 12.1. The van der Waals surface area contributed by atoms with E-state index in [1.54, 1.807) is 24.3 Å². The molecule has 1 N–H and O–H groups in total. The van der Waals surface area contributed by atoms with E-state index in [0.717, 1.165) is 27.9 Å². The molecule has 0 saturated carbocycles. The van der Waals surface area contributed by atoms with E-state index in [4.69, 9.17) is 4.42 Å². The fourth-order valence-electron chi connectivity index (χ4n) is 2.70. The first-order valence-corrected chi connectivity index (χ1v) is 7.95. The van der Waals surface area contributed by atoms with E-state index >= 15 is 0 Å². The lowest BCUT2D eigenvalue weighted by atomic mass is 10.1. The van der Waals surface area contributed by atoms with Gasteiger partial charge in [0.2, 0.25) is 0 Å². The molecule has 0 aliphatic heterocycles. The van der Waals surface area contributed by atoms with Gasteiger partial charge in [0.05, 0.1) is 12.6 Å². The molecular weight excluding hydrogens is 302 g/mol. The Bertz CT molecular complexity index is 842. The fraction of sp³-hybridized carbons (Fsp3) is 0.263. The number of carbonyl (C=O) groups excluding carboxylic acids is 1. The summed E-state index contributed by atoms with van der Waals surface area (Å²) in [5, 5.41) is 4.01. The summed E-state index contributed by atoms with van der Waals surface area (Å²) < 4.78 is 5.83. The summed E-state index contributed by atoms with van der Waals surface area (Å²) in [4.78, 5) is 18.2. The van der Waals surface area contributed by atoms with Crippen molar-refractivity contribution in [1.29, 1.82) is 0 Å². The highest BCUT2D eigenvalue weighted by atomic mass is 16.3. The lowest BCUT2D eigenvalue weighted by Gasteiger charge is -2.25. The summed E-state index contributed by atoms with van der Waals surface area (Å²) in [6.07, 6.45) is 3.50. The zero-order valence-electron chi connectivity index (χ0n) is 14.1. The first-order valence-electron chi connectivity index (χ1n) is 7.95. The Hall–Kier alpha value is -2.82. The van der Waals surface area contributed by atoms with Crippen LogP contribution in [0, 0.1) is 6.92 Å². The Labute approximate surface area is 141 Å². The van der Waals surface area contributed by atoms with Crippen molar-refractivity contribution in [3.05, 3.63) is 65.7 Å². The topological polar surface area (TPSA) is 58.4 Å². The van der Waals surface area contributed by atoms with Crippen LogP contribution in [0.2, 0.25) is 0 Å². The first kappa shape index (κ1) is 16.1. The molecule has 3 rings (SSSR count). The van der Waals surface area contributed by atoms with Crippen LogP contribution in [0.5, 0.6) is 0 Å². The van der Waals surface area contributed by atoms with Gasteiger partial charge in [-0.05, 0) is 31.5 Å². The quantitative estimate of drug-likeness (QED) is 0.788. The minimum atomic E-state index is -0.147. The highest BCUT2D eigenvalue weighted by Gasteiger charge is 2.18. The molecule has 1 atom stereocenters. The molecule has 2 amide bonds. The highest BCUT2D eigenvalue weighted by Crippen LogP contribution is 2.25. The van der Waals surface area contributed by atoms with Gasteiger partial charge in [0.25, 0.3) is 0 Å². The second-order valence-corrected chi connectivity index (χ2v) is 5.88. The lowest BCUT2D eigenvalue weighted by Crippen LogP contribution is -2.38. The van der Waals surface area contributed by atoms with Crippen LogP contribution >= 0.6 is 0 Å². The van der Waals surface area contributed by atoms with Crippen molar-refractivity contribution in [2.45, 2.75) is 26.4 Å². The molecular formula is C19H21N3O2. The summed E-state index contributed by atoms with van der Waals surface area (Å²) in [6, 6.07) is 11.5. The number of pyridine rings is 1. The zero-order valence-corrected chi connectivity index (χ0v) is 14.1. The molecule has 5 nitrogen and oxygen atoms in total. The molecule has 0 fully saturated rings. The van der Waals surface area contributed by atoms with Crippen LogP contribution < -0.4 is 5.32 Å². The van der Waals surface area contributed by atoms with Gasteiger partial charge < -0.3 is 14.6 Å². The highest BCUT2D eigenvalue weighted by molar-refractivity contribution is 5.82. The maximum absolute atomic E-state index is 12.4. The number of amides is 2. The maximum Gasteiger partial charge on any atom is 0.318 e. The minimum absolute atomic E-state index is 0.0597. The van der Waals surface area contributed by atoms with Gasteiger partial charge in [-0.1, -0.05) is 24.3 Å². The number of para-hydroxylation sites is 1. The third kappa shape index (κ3) is 3.11. The lowest BCUT2D eigenvalue weighted by molar-refractivity contribution is 0.193. The smallest absolute Gasteiger partial charge is 0.318 e. The molecule has 5 heteroatoms. The molecule has 2 heterocycles. The van der Waals surface area contributed by atoms with Crippen molar-refractivity contribution < 1.29 is 9.21 Å². The number of hydrogen-bond acceptors (Lipinski definition) is 3. The number of nitrogens with zero attached hydrogens (tertiary/aromatic N) is 2. The number of hydrogen-bond donors (Lipinski definition) is 1. The number of fused-ring (bicyclic) bond motifs is 1. The van der Waals surface area contributed by atoms with Crippen LogP contribution in [-0.4, -0.2) is 23.0 Å². The van der Waals surface area contributed by atoms with Gasteiger partial charge in [-0.2, -0.15) is 0 Å². The molecule has 0 radical (unpaired) electrons. The van der Waals surface area contributed by atoms with Crippen LogP contribution in [0.3, 0.4) is 0 Å². The largest absolute Gasteiger partial charge is 0.459 e. The molecule has 124 valence electrons. The van der Waals surface area contributed by atoms with Crippen LogP contribution in [0.25, 0.3) is 11.0 Å². The Kier molecular flexibility index (Phi) is 4.51. The Morgan fingerprint density at radius 2 is 2.08 bits per heavy atom. The van der Waals surface area contributed by atoms with Gasteiger partial charge in [-0.15, -0.1) is 0 Å². The van der Waals surface area contributed by atoms with Crippen molar-refractivity contribution in [2.75, 3.05) is 7.05 Å². The monoisotopic (exact) mass is 323 g/mol. The van der Waals surface area contributed by atoms with Gasteiger partial charge >= 0.3 is 6.03 Å². The van der Waals surface area contributed by atoms with E-state index in [1.807, 2.05) is 50.2 Å². The predicted octanol–water partition coefficient (Wildman–Crippen LogP) is 4.04. The predicted molar refractivity (Wildman–Crippen MR) is 93.6 cm³/mol. The number of nitrogens with one attached hydrogen (secondary N) is 1. The van der Waals surface area contributed by atoms with Crippen molar-refractivity contribution >= 4 is 17.0 Å². The average Bonchev–Trinajstić information content (AvgIpc) is 2.95. The molecule has 1 aromatic carbocycles. The first-order chi connectivity index (χ1) is 11.6. The van der Waals surface area contributed by atoms with Gasteiger partial charge in [0.15, 0.2) is 0 Å². The Morgan fingerprint density at radius 1 is 1.29 bits per heavy atom. The van der Waals surface area contributed by atoms with Crippen LogP contribution in [0.15, 0.2) is 53.2 Å². The molecule has 0 spiro atoms. The number of aromatic nitrogens is 1. The van der Waals surface area contributed by atoms with Crippen molar-refractivity contribution in [3.8, 4) is 0 Å². The minimum Gasteiger partial charge on any atom is -0.459 e. The van der Waals surface area contributed by atoms with Crippen LogP contribution in [0.4, 0.5) is 4.79 Å². The molecule has 1 unspecified atom stereocenters. The third-order valence-corrected chi connectivity index (χ3v) is 4.41. The van der Waals surface area contributed by atoms with E-state index in [1.165, 1.54) is 0 Å². The van der Waals surface area contributed by atoms with E-state index in [2.05, 4.69) is 10.3 Å². The molecule has 0 saturated heterocycles. The van der Waals surface area contributed by atoms with Gasteiger partial charge in [0.1, 0.15) is 11.3 Å².